The van der Waals surface area contributed by atoms with Gasteiger partial charge in [-0.05, 0) is 88.5 Å². The first-order chi connectivity index (χ1) is 17.1. The summed E-state index contributed by atoms with van der Waals surface area (Å²) in [5.74, 6) is 1.32. The van der Waals surface area contributed by atoms with Gasteiger partial charge in [0, 0.05) is 43.1 Å². The fourth-order valence-electron chi connectivity index (χ4n) is 4.95. The molecular formula is C30H41NO4S. The van der Waals surface area contributed by atoms with E-state index in [0.717, 1.165) is 54.9 Å². The first-order valence-electron chi connectivity index (χ1n) is 12.8. The molecule has 0 aliphatic carbocycles. The Balaban J connectivity index is 1.74. The predicted octanol–water partition coefficient (Wildman–Crippen LogP) is 5.78. The number of hydrogen-bond donors (Lipinski definition) is 0. The van der Waals surface area contributed by atoms with Gasteiger partial charge in [0.15, 0.2) is 17.2 Å². The minimum atomic E-state index is -0.853. The van der Waals surface area contributed by atoms with Crippen molar-refractivity contribution in [2.24, 2.45) is 11.8 Å². The van der Waals surface area contributed by atoms with Crippen LogP contribution in [-0.4, -0.2) is 61.7 Å². The molecule has 0 saturated carbocycles. The zero-order chi connectivity index (χ0) is 26.5. The predicted molar refractivity (Wildman–Crippen MR) is 147 cm³/mol. The molecule has 3 rings (SSSR count). The van der Waals surface area contributed by atoms with Crippen molar-refractivity contribution < 1.29 is 19.1 Å². The highest BCUT2D eigenvalue weighted by atomic mass is 32.2. The quantitative estimate of drug-likeness (QED) is 0.266. The Morgan fingerprint density at radius 3 is 2.28 bits per heavy atom. The van der Waals surface area contributed by atoms with Crippen LogP contribution in [0.15, 0.2) is 41.3 Å². The molecule has 5 nitrogen and oxygen atoms in total. The number of aryl methyl sites for hydroxylation is 3. The molecule has 0 radical (unpaired) electrons. The average molecular weight is 512 g/mol. The lowest BCUT2D eigenvalue weighted by Gasteiger charge is -2.26. The van der Waals surface area contributed by atoms with E-state index in [1.807, 2.05) is 58.2 Å². The van der Waals surface area contributed by atoms with E-state index >= 15 is 0 Å². The van der Waals surface area contributed by atoms with Crippen molar-refractivity contribution in [1.29, 1.82) is 0 Å². The number of ether oxygens (including phenoxy) is 2. The maximum Gasteiger partial charge on any atom is 0.172 e. The molecular weight excluding hydrogens is 470 g/mol. The van der Waals surface area contributed by atoms with Crippen LogP contribution in [0, 0.1) is 25.7 Å². The van der Waals surface area contributed by atoms with Gasteiger partial charge in [-0.3, -0.25) is 9.59 Å². The molecule has 0 spiro atoms. The number of benzene rings is 2. The smallest absolute Gasteiger partial charge is 0.172 e. The minimum absolute atomic E-state index is 0.00318. The van der Waals surface area contributed by atoms with Gasteiger partial charge in [-0.2, -0.15) is 0 Å². The van der Waals surface area contributed by atoms with Crippen molar-refractivity contribution in [3.63, 3.8) is 0 Å². The number of hydrogen-bond acceptors (Lipinski definition) is 6. The van der Waals surface area contributed by atoms with Gasteiger partial charge in [-0.1, -0.05) is 24.3 Å². The number of likely N-dealkylation sites (tertiary alicyclic amines) is 1. The van der Waals surface area contributed by atoms with Gasteiger partial charge in [-0.25, -0.2) is 0 Å². The Hall–Kier alpha value is -2.15. The number of Topliss-reactive ketones (excluding diaryl/α,β-unsaturated/α-hetero) is 2. The molecule has 1 heterocycles. The molecule has 0 unspecified atom stereocenters. The summed E-state index contributed by atoms with van der Waals surface area (Å²) in [6.45, 7) is 12.5. The van der Waals surface area contributed by atoms with Crippen LogP contribution >= 0.6 is 11.8 Å². The van der Waals surface area contributed by atoms with Gasteiger partial charge in [0.1, 0.15) is 5.75 Å². The van der Waals surface area contributed by atoms with Crippen molar-refractivity contribution in [2.75, 3.05) is 39.6 Å². The van der Waals surface area contributed by atoms with Crippen molar-refractivity contribution in [3.05, 3.63) is 58.7 Å². The van der Waals surface area contributed by atoms with E-state index in [0.29, 0.717) is 12.5 Å². The first kappa shape index (κ1) is 28.4. The molecule has 2 aromatic rings. The Morgan fingerprint density at radius 2 is 1.72 bits per heavy atom. The molecule has 6 heteroatoms. The van der Waals surface area contributed by atoms with E-state index in [4.69, 9.17) is 9.47 Å². The van der Waals surface area contributed by atoms with Crippen LogP contribution in [-0.2, 0) is 16.0 Å². The molecule has 36 heavy (non-hydrogen) atoms. The first-order valence-corrected chi connectivity index (χ1v) is 14.0. The molecule has 1 saturated heterocycles. The fourth-order valence-corrected chi connectivity index (χ4v) is 5.36. The van der Waals surface area contributed by atoms with E-state index in [2.05, 4.69) is 17.0 Å². The normalized spacial score (nSPS) is 18.4. The third-order valence-corrected chi connectivity index (χ3v) is 8.11. The molecule has 0 bridgehead atoms. The van der Waals surface area contributed by atoms with E-state index in [1.165, 1.54) is 10.5 Å². The number of carbonyl (C=O) groups is 2. The Labute approximate surface area is 220 Å². The number of methoxy groups -OCH3 is 1. The van der Waals surface area contributed by atoms with Crippen molar-refractivity contribution in [2.45, 2.75) is 58.0 Å². The zero-order valence-corrected chi connectivity index (χ0v) is 23.7. The van der Waals surface area contributed by atoms with Gasteiger partial charge >= 0.3 is 0 Å². The van der Waals surface area contributed by atoms with Crippen molar-refractivity contribution in [3.8, 4) is 5.75 Å². The summed E-state index contributed by atoms with van der Waals surface area (Å²) in [5.41, 5.74) is 3.26. The fraction of sp³-hybridized carbons (Fsp3) is 0.533. The molecule has 2 atom stereocenters. The summed E-state index contributed by atoms with van der Waals surface area (Å²) in [5, 5.41) is 0. The van der Waals surface area contributed by atoms with Crippen LogP contribution in [0.1, 0.15) is 54.2 Å². The van der Waals surface area contributed by atoms with Crippen LogP contribution < -0.4 is 4.74 Å². The molecule has 196 valence electrons. The SMILES string of the molecule is COCCN1C[C@H](CCc2cc(C)c(OC(C)(C)C(C)=O)c(C)c2)[C@@H](C(=O)c2ccc(SC)cc2)C1. The standard InChI is InChI=1S/C30H41NO4S/c1-20-16-23(17-21(2)29(20)35-30(4,5)22(3)32)8-9-25-18-31(14-15-34-6)19-27(25)28(33)24-10-12-26(36-7)13-11-24/h10-13,16-17,25,27H,8-9,14-15,18-19H2,1-7H3/t25-,27-/m0/s1. The van der Waals surface area contributed by atoms with E-state index in [1.54, 1.807) is 25.8 Å². The monoisotopic (exact) mass is 511 g/mol. The van der Waals surface area contributed by atoms with Gasteiger partial charge in [-0.15, -0.1) is 11.8 Å². The van der Waals surface area contributed by atoms with E-state index in [-0.39, 0.29) is 17.5 Å². The van der Waals surface area contributed by atoms with Crippen LogP contribution in [0.4, 0.5) is 0 Å². The average Bonchev–Trinajstić information content (AvgIpc) is 3.26. The highest BCUT2D eigenvalue weighted by Crippen LogP contribution is 2.33. The second-order valence-electron chi connectivity index (χ2n) is 10.5. The molecule has 1 aliphatic rings. The van der Waals surface area contributed by atoms with Crippen LogP contribution in [0.3, 0.4) is 0 Å². The molecule has 1 fully saturated rings. The maximum absolute atomic E-state index is 13.5. The van der Waals surface area contributed by atoms with Crippen molar-refractivity contribution in [1.82, 2.24) is 4.90 Å². The lowest BCUT2D eigenvalue weighted by atomic mass is 9.84. The molecule has 0 N–H and O–H groups in total. The highest BCUT2D eigenvalue weighted by molar-refractivity contribution is 7.98. The second kappa shape index (κ2) is 12.4. The Morgan fingerprint density at radius 1 is 1.08 bits per heavy atom. The summed E-state index contributed by atoms with van der Waals surface area (Å²) >= 11 is 1.69. The van der Waals surface area contributed by atoms with Gasteiger partial charge in [0.2, 0.25) is 0 Å². The largest absolute Gasteiger partial charge is 0.480 e. The number of carbonyl (C=O) groups excluding carboxylic acids is 2. The maximum atomic E-state index is 13.5. The van der Waals surface area contributed by atoms with Gasteiger partial charge in [0.05, 0.1) is 6.61 Å². The number of ketones is 2. The topological polar surface area (TPSA) is 55.8 Å². The van der Waals surface area contributed by atoms with Gasteiger partial charge < -0.3 is 14.4 Å². The lowest BCUT2D eigenvalue weighted by molar-refractivity contribution is -0.129. The third-order valence-electron chi connectivity index (χ3n) is 7.37. The van der Waals surface area contributed by atoms with Crippen LogP contribution in [0.25, 0.3) is 0 Å². The molecule has 0 aromatic heterocycles. The highest BCUT2D eigenvalue weighted by Gasteiger charge is 2.37. The summed E-state index contributed by atoms with van der Waals surface area (Å²) in [6.07, 6.45) is 3.89. The van der Waals surface area contributed by atoms with Gasteiger partial charge in [0.25, 0.3) is 0 Å². The molecule has 1 aliphatic heterocycles. The summed E-state index contributed by atoms with van der Waals surface area (Å²) in [6, 6.07) is 12.3. The van der Waals surface area contributed by atoms with Crippen LogP contribution in [0.5, 0.6) is 5.75 Å². The number of thioether (sulfide) groups is 1. The molecule has 0 amide bonds. The van der Waals surface area contributed by atoms with Crippen molar-refractivity contribution >= 4 is 23.3 Å². The van der Waals surface area contributed by atoms with E-state index < -0.39 is 5.60 Å². The molecule has 2 aromatic carbocycles. The number of nitrogens with zero attached hydrogens (tertiary/aromatic N) is 1. The summed E-state index contributed by atoms with van der Waals surface area (Å²) in [7, 11) is 1.72. The summed E-state index contributed by atoms with van der Waals surface area (Å²) in [4.78, 5) is 29.0. The Bertz CT molecular complexity index is 1040. The summed E-state index contributed by atoms with van der Waals surface area (Å²) < 4.78 is 11.4. The van der Waals surface area contributed by atoms with Crippen LogP contribution in [0.2, 0.25) is 0 Å². The zero-order valence-electron chi connectivity index (χ0n) is 22.8. The minimum Gasteiger partial charge on any atom is -0.480 e. The Kier molecular flexibility index (Phi) is 9.79. The van der Waals surface area contributed by atoms with E-state index in [9.17, 15) is 9.59 Å². The third kappa shape index (κ3) is 6.99. The lowest BCUT2D eigenvalue weighted by Crippen LogP contribution is -2.36. The number of rotatable bonds is 12. The second-order valence-corrected chi connectivity index (χ2v) is 11.4.